The quantitative estimate of drug-likeness (QED) is 0.581. The van der Waals surface area contributed by atoms with Crippen LogP contribution >= 0.6 is 0 Å². The third-order valence-electron chi connectivity index (χ3n) is 4.75. The Labute approximate surface area is 102 Å². The summed E-state index contributed by atoms with van der Waals surface area (Å²) < 4.78 is 0. The van der Waals surface area contributed by atoms with Crippen LogP contribution in [0.4, 0.5) is 0 Å². The van der Waals surface area contributed by atoms with Gasteiger partial charge in [-0.15, -0.1) is 6.42 Å². The molecule has 0 atom stereocenters. The van der Waals surface area contributed by atoms with E-state index in [0.29, 0.717) is 0 Å². The lowest BCUT2D eigenvalue weighted by molar-refractivity contribution is 0.331. The summed E-state index contributed by atoms with van der Waals surface area (Å²) in [6, 6.07) is 0. The lowest BCUT2D eigenvalue weighted by Gasteiger charge is -2.37. The SMILES string of the molecule is C#CC1(CCC(C)(C)[Si](C)(C)O)CCCC1. The summed E-state index contributed by atoms with van der Waals surface area (Å²) in [6.45, 7) is 8.45. The van der Waals surface area contributed by atoms with Gasteiger partial charge >= 0.3 is 0 Å². The average molecular weight is 238 g/mol. The number of hydrogen-bond acceptors (Lipinski definition) is 1. The van der Waals surface area contributed by atoms with Gasteiger partial charge in [0.25, 0.3) is 0 Å². The van der Waals surface area contributed by atoms with E-state index in [2.05, 4.69) is 19.8 Å². The largest absolute Gasteiger partial charge is 0.432 e. The summed E-state index contributed by atoms with van der Waals surface area (Å²) in [5, 5.41) is 0.0689. The van der Waals surface area contributed by atoms with E-state index in [0.717, 1.165) is 12.8 Å². The predicted octanol–water partition coefficient (Wildman–Crippen LogP) is 3.94. The molecule has 0 unspecified atom stereocenters. The minimum atomic E-state index is -2.07. The zero-order valence-corrected chi connectivity index (χ0v) is 12.3. The van der Waals surface area contributed by atoms with Gasteiger partial charge in [0.05, 0.1) is 0 Å². The van der Waals surface area contributed by atoms with E-state index in [1.165, 1.54) is 25.7 Å². The Morgan fingerprint density at radius 1 is 1.31 bits per heavy atom. The second kappa shape index (κ2) is 4.54. The van der Waals surface area contributed by atoms with E-state index in [4.69, 9.17) is 6.42 Å². The molecular formula is C14H26OSi. The first-order valence-electron chi connectivity index (χ1n) is 6.43. The van der Waals surface area contributed by atoms with E-state index in [-0.39, 0.29) is 10.5 Å². The van der Waals surface area contributed by atoms with Gasteiger partial charge in [-0.05, 0) is 43.8 Å². The molecule has 0 aromatic rings. The Morgan fingerprint density at radius 2 is 1.81 bits per heavy atom. The zero-order chi connectivity index (χ0) is 12.4. The van der Waals surface area contributed by atoms with Gasteiger partial charge in [-0.1, -0.05) is 32.6 Å². The molecule has 1 nitrogen and oxygen atoms in total. The molecule has 2 heteroatoms. The molecule has 92 valence electrons. The fraction of sp³-hybridized carbons (Fsp3) is 0.857. The highest BCUT2D eigenvalue weighted by Crippen LogP contribution is 2.47. The third kappa shape index (κ3) is 2.90. The smallest absolute Gasteiger partial charge is 0.188 e. The van der Waals surface area contributed by atoms with E-state index >= 15 is 0 Å². The van der Waals surface area contributed by atoms with Gasteiger partial charge in [-0.2, -0.15) is 0 Å². The monoisotopic (exact) mass is 238 g/mol. The Balaban J connectivity index is 2.60. The highest BCUT2D eigenvalue weighted by atomic mass is 28.4. The topological polar surface area (TPSA) is 20.2 Å². The fourth-order valence-electron chi connectivity index (χ4n) is 2.38. The van der Waals surface area contributed by atoms with Crippen molar-refractivity contribution in [3.05, 3.63) is 0 Å². The maximum absolute atomic E-state index is 10.3. The van der Waals surface area contributed by atoms with E-state index < -0.39 is 8.32 Å². The molecule has 1 saturated carbocycles. The van der Waals surface area contributed by atoms with Crippen LogP contribution in [0.3, 0.4) is 0 Å². The van der Waals surface area contributed by atoms with Crippen LogP contribution in [0.1, 0.15) is 52.4 Å². The van der Waals surface area contributed by atoms with Crippen molar-refractivity contribution in [2.45, 2.75) is 70.5 Å². The van der Waals surface area contributed by atoms with Gasteiger partial charge in [0.2, 0.25) is 0 Å². The van der Waals surface area contributed by atoms with Crippen molar-refractivity contribution in [3.8, 4) is 12.3 Å². The summed E-state index contributed by atoms with van der Waals surface area (Å²) in [7, 11) is -2.07. The summed E-state index contributed by atoms with van der Waals surface area (Å²) in [6.07, 6.45) is 12.8. The summed E-state index contributed by atoms with van der Waals surface area (Å²) in [4.78, 5) is 10.3. The first kappa shape index (κ1) is 13.8. The van der Waals surface area contributed by atoms with Gasteiger partial charge in [-0.3, -0.25) is 0 Å². The molecule has 16 heavy (non-hydrogen) atoms. The second-order valence-corrected chi connectivity index (χ2v) is 11.0. The van der Waals surface area contributed by atoms with Gasteiger partial charge < -0.3 is 4.80 Å². The van der Waals surface area contributed by atoms with Gasteiger partial charge in [0, 0.05) is 5.41 Å². The maximum Gasteiger partial charge on any atom is 0.188 e. The highest BCUT2D eigenvalue weighted by Gasteiger charge is 2.40. The van der Waals surface area contributed by atoms with Gasteiger partial charge in [-0.25, -0.2) is 0 Å². The molecule has 0 radical (unpaired) electrons. The van der Waals surface area contributed by atoms with Gasteiger partial charge in [0.1, 0.15) is 0 Å². The molecule has 1 rings (SSSR count). The molecule has 1 aliphatic rings. The first-order chi connectivity index (χ1) is 7.22. The van der Waals surface area contributed by atoms with Crippen LogP contribution in [0, 0.1) is 17.8 Å². The van der Waals surface area contributed by atoms with E-state index in [9.17, 15) is 4.80 Å². The average Bonchev–Trinajstić information content (AvgIpc) is 2.62. The summed E-state index contributed by atoms with van der Waals surface area (Å²) in [5.74, 6) is 3.04. The second-order valence-electron chi connectivity index (χ2n) is 6.57. The number of rotatable bonds is 4. The molecule has 1 fully saturated rings. The minimum absolute atomic E-state index is 0.0689. The van der Waals surface area contributed by atoms with Crippen molar-refractivity contribution >= 4 is 8.32 Å². The number of terminal acetylenes is 1. The lowest BCUT2D eigenvalue weighted by Crippen LogP contribution is -2.39. The van der Waals surface area contributed by atoms with Crippen molar-refractivity contribution in [1.29, 1.82) is 0 Å². The van der Waals surface area contributed by atoms with Crippen molar-refractivity contribution < 1.29 is 4.80 Å². The molecule has 0 amide bonds. The van der Waals surface area contributed by atoms with Crippen LogP contribution in [0.2, 0.25) is 18.1 Å². The molecule has 0 aliphatic heterocycles. The summed E-state index contributed by atoms with van der Waals surface area (Å²) >= 11 is 0. The first-order valence-corrected chi connectivity index (χ1v) is 9.37. The van der Waals surface area contributed by atoms with Crippen molar-refractivity contribution in [2.24, 2.45) is 5.41 Å². The zero-order valence-electron chi connectivity index (χ0n) is 11.3. The molecule has 0 spiro atoms. The maximum atomic E-state index is 10.3. The number of hydrogen-bond donors (Lipinski definition) is 1. The molecule has 0 aromatic carbocycles. The lowest BCUT2D eigenvalue weighted by atomic mass is 9.80. The van der Waals surface area contributed by atoms with Crippen molar-refractivity contribution in [3.63, 3.8) is 0 Å². The molecule has 0 bridgehead atoms. The highest BCUT2D eigenvalue weighted by molar-refractivity contribution is 6.72. The Hall–Kier alpha value is -0.263. The van der Waals surface area contributed by atoms with Crippen LogP contribution in [0.25, 0.3) is 0 Å². The van der Waals surface area contributed by atoms with Crippen molar-refractivity contribution in [1.82, 2.24) is 0 Å². The van der Waals surface area contributed by atoms with Crippen molar-refractivity contribution in [2.75, 3.05) is 0 Å². The van der Waals surface area contributed by atoms with Crippen LogP contribution in [-0.2, 0) is 0 Å². The van der Waals surface area contributed by atoms with Gasteiger partial charge in [0.15, 0.2) is 8.32 Å². The fourth-order valence-corrected chi connectivity index (χ4v) is 3.11. The third-order valence-corrected chi connectivity index (χ3v) is 8.31. The summed E-state index contributed by atoms with van der Waals surface area (Å²) in [5.41, 5.74) is 0.150. The van der Waals surface area contributed by atoms with Crippen LogP contribution in [-0.4, -0.2) is 13.1 Å². The molecule has 0 saturated heterocycles. The molecular weight excluding hydrogens is 212 g/mol. The Kier molecular flexibility index (Phi) is 3.92. The Bertz CT molecular complexity index is 274. The molecule has 1 N–H and O–H groups in total. The van der Waals surface area contributed by atoms with E-state index in [1.807, 2.05) is 13.1 Å². The van der Waals surface area contributed by atoms with Crippen LogP contribution in [0.15, 0.2) is 0 Å². The molecule has 1 aliphatic carbocycles. The minimum Gasteiger partial charge on any atom is -0.432 e. The Morgan fingerprint density at radius 3 is 2.19 bits per heavy atom. The standard InChI is InChI=1S/C14H26OSi/c1-6-14(9-7-8-10-14)12-11-13(2,3)16(4,5)15/h1,15H,7-12H2,2-5H3. The van der Waals surface area contributed by atoms with E-state index in [1.54, 1.807) is 0 Å². The van der Waals surface area contributed by atoms with Crippen LogP contribution < -0.4 is 0 Å². The predicted molar refractivity (Wildman–Crippen MR) is 72.7 cm³/mol. The molecule has 0 heterocycles. The normalized spacial score (nSPS) is 20.8. The van der Waals surface area contributed by atoms with Crippen LogP contribution in [0.5, 0.6) is 0 Å². The molecule has 0 aromatic heterocycles.